The summed E-state index contributed by atoms with van der Waals surface area (Å²) in [6.07, 6.45) is 0.182. The van der Waals surface area contributed by atoms with Crippen LogP contribution < -0.4 is 5.32 Å². The highest BCUT2D eigenvalue weighted by atomic mass is 19.3. The van der Waals surface area contributed by atoms with Gasteiger partial charge in [0.05, 0.1) is 6.54 Å². The summed E-state index contributed by atoms with van der Waals surface area (Å²) in [7, 11) is 1.44. The average molecular weight is 248 g/mol. The molecule has 100 valence electrons. The highest BCUT2D eigenvalue weighted by molar-refractivity contribution is 5.76. The number of hydrogen-bond acceptors (Lipinski definition) is 2. The van der Waals surface area contributed by atoms with E-state index in [1.165, 1.54) is 7.05 Å². The predicted molar refractivity (Wildman–Crippen MR) is 63.0 cm³/mol. The van der Waals surface area contributed by atoms with Gasteiger partial charge in [0.25, 0.3) is 6.43 Å². The molecule has 0 aromatic rings. The average Bonchev–Trinajstić information content (AvgIpc) is 2.29. The van der Waals surface area contributed by atoms with Crippen LogP contribution in [0, 0.1) is 11.8 Å². The number of nitrogens with one attached hydrogen (secondary N) is 1. The van der Waals surface area contributed by atoms with E-state index < -0.39 is 13.0 Å². The Morgan fingerprint density at radius 3 is 2.76 bits per heavy atom. The zero-order chi connectivity index (χ0) is 12.8. The summed E-state index contributed by atoms with van der Waals surface area (Å²) in [5, 5.41) is 3.31. The molecular weight excluding hydrogens is 226 g/mol. The van der Waals surface area contributed by atoms with Crippen LogP contribution in [-0.2, 0) is 4.79 Å². The third-order valence-electron chi connectivity index (χ3n) is 3.47. The van der Waals surface area contributed by atoms with E-state index >= 15 is 0 Å². The van der Waals surface area contributed by atoms with Crippen molar-refractivity contribution in [2.24, 2.45) is 11.8 Å². The zero-order valence-corrected chi connectivity index (χ0v) is 10.6. The van der Waals surface area contributed by atoms with Crippen molar-refractivity contribution in [1.82, 2.24) is 10.2 Å². The number of carbonyl (C=O) groups excluding carboxylic acids is 1. The molecule has 0 spiro atoms. The molecule has 17 heavy (non-hydrogen) atoms. The van der Waals surface area contributed by atoms with Gasteiger partial charge in [-0.1, -0.05) is 6.92 Å². The minimum atomic E-state index is -2.45. The lowest BCUT2D eigenvalue weighted by Crippen LogP contribution is -2.37. The molecule has 0 saturated carbocycles. The first-order chi connectivity index (χ1) is 8.00. The molecule has 1 N–H and O–H groups in total. The van der Waals surface area contributed by atoms with Crippen molar-refractivity contribution in [2.45, 2.75) is 32.6 Å². The molecule has 3 nitrogen and oxygen atoms in total. The molecule has 1 amide bonds. The second-order valence-corrected chi connectivity index (χ2v) is 4.95. The standard InChI is InChI=1S/C12H22F2N2O/c1-9(10-4-3-5-15-7-10)6-12(17)16(2)8-11(13)14/h9-11,15H,3-8H2,1-2H3. The number of amides is 1. The smallest absolute Gasteiger partial charge is 0.255 e. The van der Waals surface area contributed by atoms with Crippen molar-refractivity contribution in [3.8, 4) is 0 Å². The van der Waals surface area contributed by atoms with Gasteiger partial charge in [-0.15, -0.1) is 0 Å². The Labute approximate surface area is 102 Å². The fourth-order valence-corrected chi connectivity index (χ4v) is 2.27. The van der Waals surface area contributed by atoms with Gasteiger partial charge >= 0.3 is 0 Å². The SMILES string of the molecule is CC(CC(=O)N(C)CC(F)F)C1CCCNC1. The first-order valence-electron chi connectivity index (χ1n) is 6.23. The molecule has 1 saturated heterocycles. The van der Waals surface area contributed by atoms with E-state index in [-0.39, 0.29) is 11.8 Å². The van der Waals surface area contributed by atoms with Crippen molar-refractivity contribution in [2.75, 3.05) is 26.7 Å². The van der Waals surface area contributed by atoms with Crippen molar-refractivity contribution < 1.29 is 13.6 Å². The molecule has 2 atom stereocenters. The van der Waals surface area contributed by atoms with E-state index in [2.05, 4.69) is 5.32 Å². The van der Waals surface area contributed by atoms with Crippen LogP contribution in [0.1, 0.15) is 26.2 Å². The second-order valence-electron chi connectivity index (χ2n) is 4.95. The number of halogens is 2. The van der Waals surface area contributed by atoms with Gasteiger partial charge in [0.1, 0.15) is 0 Å². The molecule has 0 aromatic heterocycles. The van der Waals surface area contributed by atoms with Crippen LogP contribution in [0.5, 0.6) is 0 Å². The van der Waals surface area contributed by atoms with Gasteiger partial charge in [-0.05, 0) is 37.8 Å². The van der Waals surface area contributed by atoms with E-state index in [1.807, 2.05) is 6.92 Å². The van der Waals surface area contributed by atoms with Crippen LogP contribution in [-0.4, -0.2) is 43.9 Å². The minimum absolute atomic E-state index is 0.177. The minimum Gasteiger partial charge on any atom is -0.340 e. The lowest BCUT2D eigenvalue weighted by molar-refractivity contribution is -0.132. The Hall–Kier alpha value is -0.710. The van der Waals surface area contributed by atoms with E-state index in [4.69, 9.17) is 0 Å². The Morgan fingerprint density at radius 2 is 2.24 bits per heavy atom. The first-order valence-corrected chi connectivity index (χ1v) is 6.23. The summed E-state index contributed by atoms with van der Waals surface area (Å²) in [4.78, 5) is 12.8. The fraction of sp³-hybridized carbons (Fsp3) is 0.917. The molecule has 2 unspecified atom stereocenters. The highest BCUT2D eigenvalue weighted by Gasteiger charge is 2.24. The van der Waals surface area contributed by atoms with Crippen molar-refractivity contribution in [1.29, 1.82) is 0 Å². The lowest BCUT2D eigenvalue weighted by atomic mass is 9.85. The number of piperidine rings is 1. The summed E-state index contributed by atoms with van der Waals surface area (Å²) in [6, 6.07) is 0. The first kappa shape index (κ1) is 14.4. The van der Waals surface area contributed by atoms with E-state index in [1.54, 1.807) is 0 Å². The number of carbonyl (C=O) groups is 1. The molecule has 0 bridgehead atoms. The summed E-state index contributed by atoms with van der Waals surface area (Å²) < 4.78 is 24.3. The van der Waals surface area contributed by atoms with Gasteiger partial charge < -0.3 is 10.2 Å². The van der Waals surface area contributed by atoms with E-state index in [0.717, 1.165) is 30.8 Å². The lowest BCUT2D eigenvalue weighted by Gasteiger charge is -2.29. The van der Waals surface area contributed by atoms with Gasteiger partial charge in [-0.25, -0.2) is 8.78 Å². The quantitative estimate of drug-likeness (QED) is 0.803. The van der Waals surface area contributed by atoms with Crippen LogP contribution in [0.2, 0.25) is 0 Å². The van der Waals surface area contributed by atoms with Crippen molar-refractivity contribution in [3.05, 3.63) is 0 Å². The zero-order valence-electron chi connectivity index (χ0n) is 10.6. The monoisotopic (exact) mass is 248 g/mol. The van der Waals surface area contributed by atoms with E-state index in [9.17, 15) is 13.6 Å². The van der Waals surface area contributed by atoms with Gasteiger partial charge in [0.2, 0.25) is 5.91 Å². The van der Waals surface area contributed by atoms with Crippen LogP contribution in [0.3, 0.4) is 0 Å². The summed E-state index contributed by atoms with van der Waals surface area (Å²) in [6.45, 7) is 3.55. The maximum atomic E-state index is 12.1. The van der Waals surface area contributed by atoms with E-state index in [0.29, 0.717) is 12.3 Å². The predicted octanol–water partition coefficient (Wildman–Crippen LogP) is 1.74. The summed E-state index contributed by atoms with van der Waals surface area (Å²) in [5.41, 5.74) is 0. The summed E-state index contributed by atoms with van der Waals surface area (Å²) >= 11 is 0. The maximum Gasteiger partial charge on any atom is 0.255 e. The normalized spacial score (nSPS) is 22.5. The van der Waals surface area contributed by atoms with Crippen molar-refractivity contribution >= 4 is 5.91 Å². The number of hydrogen-bond donors (Lipinski definition) is 1. The Bertz CT molecular complexity index is 243. The molecule has 1 aliphatic heterocycles. The molecule has 1 heterocycles. The van der Waals surface area contributed by atoms with Gasteiger partial charge in [0.15, 0.2) is 0 Å². The molecule has 1 fully saturated rings. The Kier molecular flexibility index (Phi) is 5.82. The van der Waals surface area contributed by atoms with Crippen LogP contribution in [0.25, 0.3) is 0 Å². The molecule has 0 aliphatic carbocycles. The van der Waals surface area contributed by atoms with Crippen LogP contribution in [0.15, 0.2) is 0 Å². The third kappa shape index (κ3) is 4.98. The number of alkyl halides is 2. The van der Waals surface area contributed by atoms with Gasteiger partial charge in [-0.2, -0.15) is 0 Å². The second kappa shape index (κ2) is 6.89. The Morgan fingerprint density at radius 1 is 1.53 bits per heavy atom. The maximum absolute atomic E-state index is 12.1. The van der Waals surface area contributed by atoms with Crippen LogP contribution >= 0.6 is 0 Å². The van der Waals surface area contributed by atoms with Gasteiger partial charge in [-0.3, -0.25) is 4.79 Å². The molecule has 1 aliphatic rings. The summed E-state index contributed by atoms with van der Waals surface area (Å²) in [5.74, 6) is 0.575. The number of nitrogens with zero attached hydrogens (tertiary/aromatic N) is 1. The highest BCUT2D eigenvalue weighted by Crippen LogP contribution is 2.23. The topological polar surface area (TPSA) is 32.3 Å². The number of rotatable bonds is 5. The molecule has 0 aromatic carbocycles. The van der Waals surface area contributed by atoms with Crippen LogP contribution in [0.4, 0.5) is 8.78 Å². The van der Waals surface area contributed by atoms with Crippen molar-refractivity contribution in [3.63, 3.8) is 0 Å². The largest absolute Gasteiger partial charge is 0.340 e. The van der Waals surface area contributed by atoms with Gasteiger partial charge in [0, 0.05) is 13.5 Å². The third-order valence-corrected chi connectivity index (χ3v) is 3.47. The molecule has 0 radical (unpaired) electrons. The Balaban J connectivity index is 2.33. The molecular formula is C12H22F2N2O. The fourth-order valence-electron chi connectivity index (χ4n) is 2.27. The molecule has 5 heteroatoms. The molecule has 1 rings (SSSR count).